The van der Waals surface area contributed by atoms with Crippen molar-refractivity contribution >= 4 is 17.5 Å². The van der Waals surface area contributed by atoms with Gasteiger partial charge in [0.1, 0.15) is 24.2 Å². The zero-order valence-electron chi connectivity index (χ0n) is 22.5. The second-order valence-electron chi connectivity index (χ2n) is 9.92. The van der Waals surface area contributed by atoms with Crippen LogP contribution in [-0.4, -0.2) is 45.2 Å². The van der Waals surface area contributed by atoms with Gasteiger partial charge in [-0.15, -0.1) is 10.2 Å². The van der Waals surface area contributed by atoms with Gasteiger partial charge in [0, 0.05) is 17.3 Å². The molecule has 0 saturated heterocycles. The maximum absolute atomic E-state index is 14.0. The summed E-state index contributed by atoms with van der Waals surface area (Å²) in [6, 6.07) is 19.2. The van der Waals surface area contributed by atoms with E-state index in [1.165, 1.54) is 34.0 Å². The molecule has 1 aromatic heterocycles. The lowest BCUT2D eigenvalue weighted by Gasteiger charge is -2.32. The molecule has 1 aliphatic carbocycles. The molecule has 0 spiro atoms. The lowest BCUT2D eigenvalue weighted by atomic mass is 10.0. The van der Waals surface area contributed by atoms with E-state index in [-0.39, 0.29) is 18.5 Å². The van der Waals surface area contributed by atoms with Crippen molar-refractivity contribution in [3.63, 3.8) is 0 Å². The van der Waals surface area contributed by atoms with Gasteiger partial charge in [-0.25, -0.2) is 4.39 Å². The summed E-state index contributed by atoms with van der Waals surface area (Å²) >= 11 is 0. The maximum Gasteiger partial charge on any atom is 0.251 e. The van der Waals surface area contributed by atoms with Gasteiger partial charge in [0.2, 0.25) is 11.7 Å². The van der Waals surface area contributed by atoms with Gasteiger partial charge in [0.25, 0.3) is 5.91 Å². The van der Waals surface area contributed by atoms with E-state index < -0.39 is 17.8 Å². The van der Waals surface area contributed by atoms with Crippen LogP contribution >= 0.6 is 0 Å². The highest BCUT2D eigenvalue weighted by molar-refractivity contribution is 6.01. The molecule has 0 bridgehead atoms. The fourth-order valence-corrected chi connectivity index (χ4v) is 4.92. The van der Waals surface area contributed by atoms with E-state index in [1.807, 2.05) is 31.2 Å². The summed E-state index contributed by atoms with van der Waals surface area (Å²) < 4.78 is 19.2. The molecule has 3 aromatic carbocycles. The summed E-state index contributed by atoms with van der Waals surface area (Å²) in [4.78, 5) is 30.4. The first-order valence-electron chi connectivity index (χ1n) is 13.3. The first-order valence-corrected chi connectivity index (χ1v) is 13.3. The van der Waals surface area contributed by atoms with Crippen LogP contribution in [0.1, 0.15) is 42.9 Å². The number of benzene rings is 3. The third-order valence-electron chi connectivity index (χ3n) is 7.05. The van der Waals surface area contributed by atoms with E-state index in [0.717, 1.165) is 36.8 Å². The molecule has 4 aromatic rings. The number of tetrazole rings is 1. The molecule has 9 nitrogen and oxygen atoms in total. The van der Waals surface area contributed by atoms with Gasteiger partial charge in [-0.1, -0.05) is 54.8 Å². The van der Waals surface area contributed by atoms with Crippen LogP contribution in [0.3, 0.4) is 0 Å². The minimum Gasteiger partial charge on any atom is -0.497 e. The van der Waals surface area contributed by atoms with E-state index >= 15 is 0 Å². The summed E-state index contributed by atoms with van der Waals surface area (Å²) in [5.74, 6) is -0.225. The van der Waals surface area contributed by atoms with Gasteiger partial charge in [0.15, 0.2) is 0 Å². The average Bonchev–Trinajstić information content (AvgIpc) is 3.65. The van der Waals surface area contributed by atoms with Crippen LogP contribution in [0.4, 0.5) is 10.1 Å². The quantitative estimate of drug-likeness (QED) is 0.331. The molecule has 1 atom stereocenters. The van der Waals surface area contributed by atoms with E-state index in [2.05, 4.69) is 20.7 Å². The zero-order chi connectivity index (χ0) is 28.1. The van der Waals surface area contributed by atoms with Crippen molar-refractivity contribution in [1.29, 1.82) is 0 Å². The first-order chi connectivity index (χ1) is 19.4. The Balaban J connectivity index is 1.50. The summed E-state index contributed by atoms with van der Waals surface area (Å²) in [7, 11) is 1.56. The highest BCUT2D eigenvalue weighted by Crippen LogP contribution is 2.31. The normalized spacial score (nSPS) is 14.1. The van der Waals surface area contributed by atoms with Crippen LogP contribution in [0, 0.1) is 12.7 Å². The van der Waals surface area contributed by atoms with E-state index in [1.54, 1.807) is 31.4 Å². The van der Waals surface area contributed by atoms with Crippen LogP contribution < -0.4 is 15.0 Å². The highest BCUT2D eigenvalue weighted by Gasteiger charge is 2.35. The monoisotopic (exact) mass is 542 g/mol. The van der Waals surface area contributed by atoms with E-state index in [4.69, 9.17) is 4.74 Å². The van der Waals surface area contributed by atoms with Crippen LogP contribution in [0.15, 0.2) is 72.8 Å². The predicted octanol–water partition coefficient (Wildman–Crippen LogP) is 4.63. The molecule has 40 heavy (non-hydrogen) atoms. The van der Waals surface area contributed by atoms with Gasteiger partial charge in [0.05, 0.1) is 7.11 Å². The van der Waals surface area contributed by atoms with E-state index in [0.29, 0.717) is 22.8 Å². The number of hydrogen-bond acceptors (Lipinski definition) is 6. The Kier molecular flexibility index (Phi) is 8.14. The number of ether oxygens (including phenoxy) is 1. The van der Waals surface area contributed by atoms with Gasteiger partial charge in [-0.3, -0.25) is 14.5 Å². The third kappa shape index (κ3) is 6.17. The standard InChI is InChI=1S/C30H31FN6O3/c1-20-7-9-22(10-8-20)29-33-35-36(34-29)19-27(38)37(25-15-13-23(31)14-16-25)28(21-11-17-26(40-2)18-12-21)30(39)32-24-5-3-4-6-24/h7-18,24,28H,3-6,19H2,1-2H3,(H,32,39). The second kappa shape index (κ2) is 12.1. The Morgan fingerprint density at radius 1 is 1.02 bits per heavy atom. The number of methoxy groups -OCH3 is 1. The molecule has 1 heterocycles. The first kappa shape index (κ1) is 27.0. The molecule has 206 valence electrons. The smallest absolute Gasteiger partial charge is 0.251 e. The van der Waals surface area contributed by atoms with Crippen molar-refractivity contribution in [1.82, 2.24) is 25.5 Å². The fraction of sp³-hybridized carbons (Fsp3) is 0.300. The van der Waals surface area contributed by atoms with E-state index in [9.17, 15) is 14.0 Å². The lowest BCUT2D eigenvalue weighted by molar-refractivity contribution is -0.127. The van der Waals surface area contributed by atoms with Gasteiger partial charge < -0.3 is 10.1 Å². The SMILES string of the molecule is COc1ccc(C(C(=O)NC2CCCC2)N(C(=O)Cn2nnc(-c3ccc(C)cc3)n2)c2ccc(F)cc2)cc1. The molecule has 1 N–H and O–H groups in total. The number of anilines is 1. The number of aryl methyl sites for hydroxylation is 1. The molecule has 1 fully saturated rings. The summed E-state index contributed by atoms with van der Waals surface area (Å²) in [6.07, 6.45) is 3.85. The minimum absolute atomic E-state index is 0.0347. The van der Waals surface area contributed by atoms with Gasteiger partial charge in [-0.05, 0) is 66.9 Å². The number of nitrogens with one attached hydrogen (secondary N) is 1. The molecular formula is C30H31FN6O3. The molecule has 1 saturated carbocycles. The number of carbonyl (C=O) groups is 2. The van der Waals surface area contributed by atoms with Crippen molar-refractivity contribution in [3.8, 4) is 17.1 Å². The number of hydrogen-bond donors (Lipinski definition) is 1. The molecular weight excluding hydrogens is 511 g/mol. The lowest BCUT2D eigenvalue weighted by Crippen LogP contribution is -2.47. The molecule has 0 aliphatic heterocycles. The largest absolute Gasteiger partial charge is 0.497 e. The topological polar surface area (TPSA) is 102 Å². The Hall–Kier alpha value is -4.60. The fourth-order valence-electron chi connectivity index (χ4n) is 4.92. The van der Waals surface area contributed by atoms with Crippen molar-refractivity contribution in [2.24, 2.45) is 0 Å². The Morgan fingerprint density at radius 3 is 2.35 bits per heavy atom. The molecule has 2 amide bonds. The number of amides is 2. The number of nitrogens with zero attached hydrogens (tertiary/aromatic N) is 5. The van der Waals surface area contributed by atoms with Crippen LogP contribution in [0.25, 0.3) is 11.4 Å². The van der Waals surface area contributed by atoms with Gasteiger partial charge >= 0.3 is 0 Å². The van der Waals surface area contributed by atoms with Crippen molar-refractivity contribution < 1.29 is 18.7 Å². The minimum atomic E-state index is -1.02. The summed E-state index contributed by atoms with van der Waals surface area (Å²) in [5.41, 5.74) is 2.82. The molecule has 1 unspecified atom stereocenters. The molecule has 0 radical (unpaired) electrons. The molecule has 5 rings (SSSR count). The summed E-state index contributed by atoms with van der Waals surface area (Å²) in [5, 5.41) is 15.7. The maximum atomic E-state index is 14.0. The van der Waals surface area contributed by atoms with Crippen molar-refractivity contribution in [2.45, 2.75) is 51.2 Å². The van der Waals surface area contributed by atoms with Crippen molar-refractivity contribution in [2.75, 3.05) is 12.0 Å². The number of carbonyl (C=O) groups excluding carboxylic acids is 2. The highest BCUT2D eigenvalue weighted by atomic mass is 19.1. The van der Waals surface area contributed by atoms with Crippen LogP contribution in [0.2, 0.25) is 0 Å². The second-order valence-corrected chi connectivity index (χ2v) is 9.92. The summed E-state index contributed by atoms with van der Waals surface area (Å²) in [6.45, 7) is 1.71. The number of aromatic nitrogens is 4. The zero-order valence-corrected chi connectivity index (χ0v) is 22.5. The molecule has 10 heteroatoms. The number of halogens is 1. The van der Waals surface area contributed by atoms with Crippen LogP contribution in [-0.2, 0) is 16.1 Å². The Morgan fingerprint density at radius 2 is 1.70 bits per heavy atom. The molecule has 1 aliphatic rings. The van der Waals surface area contributed by atoms with Crippen LogP contribution in [0.5, 0.6) is 5.75 Å². The third-order valence-corrected chi connectivity index (χ3v) is 7.05. The predicted molar refractivity (Wildman–Crippen MR) is 148 cm³/mol. The van der Waals surface area contributed by atoms with Gasteiger partial charge in [-0.2, -0.15) is 4.80 Å². The Bertz CT molecular complexity index is 1450. The van der Waals surface area contributed by atoms with Crippen molar-refractivity contribution in [3.05, 3.63) is 89.7 Å². The average molecular weight is 543 g/mol. The Labute approximate surface area is 232 Å². The number of rotatable bonds is 9.